The maximum atomic E-state index is 10.2. The van der Waals surface area contributed by atoms with E-state index in [0.29, 0.717) is 0 Å². The summed E-state index contributed by atoms with van der Waals surface area (Å²) in [4.78, 5) is 20.4. The minimum Gasteiger partial charge on any atom is -0.550 e. The number of carbonyl (C=O) groups excluding carboxylic acids is 2. The maximum absolute atomic E-state index is 10.2. The standard InChI is InChI=1S/2C18H36O2.Al.Mg/c2*1-2-3-4-5-6-7-8-9-10-11-12-13-14-15-16-17-18(19)20;;/h2*2-17H2,1H3,(H,19,20);;/q;;;+2/p-2. The van der Waals surface area contributed by atoms with E-state index < -0.39 is 11.9 Å². The summed E-state index contributed by atoms with van der Waals surface area (Å²) in [5, 5.41) is 20.4. The van der Waals surface area contributed by atoms with Crippen LogP contribution in [0.5, 0.6) is 0 Å². The Morgan fingerprint density at radius 2 is 0.476 bits per heavy atom. The van der Waals surface area contributed by atoms with Gasteiger partial charge in [0.1, 0.15) is 0 Å². The van der Waals surface area contributed by atoms with Gasteiger partial charge in [0.25, 0.3) is 0 Å². The summed E-state index contributed by atoms with van der Waals surface area (Å²) in [6.07, 6.45) is 39.7. The summed E-state index contributed by atoms with van der Waals surface area (Å²) < 4.78 is 0. The SMILES string of the molecule is CCCCCCCCCCCCCCCCCC(=O)[O-].CCCCCCCCCCCCCCCCCC(=O)[O-].[Al].[Mg+2]. The molecule has 0 bridgehead atoms. The molecule has 42 heavy (non-hydrogen) atoms. The van der Waals surface area contributed by atoms with E-state index in [0.717, 1.165) is 25.7 Å². The van der Waals surface area contributed by atoms with E-state index >= 15 is 0 Å². The van der Waals surface area contributed by atoms with Crippen LogP contribution in [0.1, 0.15) is 219 Å². The van der Waals surface area contributed by atoms with E-state index in [1.165, 1.54) is 167 Å². The molecule has 0 unspecified atom stereocenters. The molecule has 0 atom stereocenters. The Balaban J connectivity index is -0.000000328. The van der Waals surface area contributed by atoms with Crippen molar-refractivity contribution in [1.29, 1.82) is 0 Å². The molecule has 6 heteroatoms. The van der Waals surface area contributed by atoms with E-state index in [1.54, 1.807) is 0 Å². The molecule has 0 aromatic rings. The quantitative estimate of drug-likeness (QED) is 0.0556. The van der Waals surface area contributed by atoms with Gasteiger partial charge in [-0.05, 0) is 25.7 Å². The van der Waals surface area contributed by atoms with E-state index in [4.69, 9.17) is 0 Å². The zero-order valence-electron chi connectivity index (χ0n) is 28.5. The third-order valence-electron chi connectivity index (χ3n) is 7.97. The molecular weight excluding hydrogens is 548 g/mol. The summed E-state index contributed by atoms with van der Waals surface area (Å²) in [6, 6.07) is 0. The molecule has 0 aliphatic rings. The van der Waals surface area contributed by atoms with Gasteiger partial charge < -0.3 is 19.8 Å². The van der Waals surface area contributed by atoms with Crippen molar-refractivity contribution in [1.82, 2.24) is 0 Å². The third-order valence-corrected chi connectivity index (χ3v) is 7.97. The number of carbonyl (C=O) groups is 2. The first kappa shape index (κ1) is 49.1. The average molecular weight is 618 g/mol. The van der Waals surface area contributed by atoms with Crippen molar-refractivity contribution in [2.24, 2.45) is 0 Å². The first-order valence-electron chi connectivity index (χ1n) is 17.9. The second-order valence-electron chi connectivity index (χ2n) is 12.1. The predicted molar refractivity (Wildman–Crippen MR) is 181 cm³/mol. The molecule has 0 N–H and O–H groups in total. The van der Waals surface area contributed by atoms with Gasteiger partial charge in [0, 0.05) is 29.3 Å². The van der Waals surface area contributed by atoms with E-state index in [-0.39, 0.29) is 53.3 Å². The minimum absolute atomic E-state index is 0. The van der Waals surface area contributed by atoms with E-state index in [9.17, 15) is 19.8 Å². The molecule has 0 rings (SSSR count). The van der Waals surface area contributed by atoms with Crippen LogP contribution in [0, 0.1) is 0 Å². The Bertz CT molecular complexity index is 461. The number of carboxylic acid groups (broad SMARTS) is 2. The second kappa shape index (κ2) is 45.7. The van der Waals surface area contributed by atoms with Crippen molar-refractivity contribution in [2.45, 2.75) is 219 Å². The summed E-state index contributed by atoms with van der Waals surface area (Å²) in [7, 11) is 0. The van der Waals surface area contributed by atoms with Crippen LogP contribution in [0.25, 0.3) is 0 Å². The molecular formula is C36H70AlMgO4. The largest absolute Gasteiger partial charge is 2.00 e. The van der Waals surface area contributed by atoms with Gasteiger partial charge in [-0.1, -0.05) is 194 Å². The Morgan fingerprint density at radius 3 is 0.619 bits per heavy atom. The zero-order chi connectivity index (χ0) is 29.8. The monoisotopic (exact) mass is 617 g/mol. The summed E-state index contributed by atoms with van der Waals surface area (Å²) in [5.41, 5.74) is 0. The fraction of sp³-hybridized carbons (Fsp3) is 0.944. The van der Waals surface area contributed by atoms with Crippen LogP contribution in [0.4, 0.5) is 0 Å². The van der Waals surface area contributed by atoms with Gasteiger partial charge in [0.15, 0.2) is 0 Å². The molecule has 0 spiro atoms. The Kier molecular flexibility index (Phi) is 53.4. The number of carboxylic acids is 2. The molecule has 0 amide bonds. The summed E-state index contributed by atoms with van der Waals surface area (Å²) in [5.74, 6) is -1.81. The van der Waals surface area contributed by atoms with Crippen molar-refractivity contribution in [3.63, 3.8) is 0 Å². The van der Waals surface area contributed by atoms with Gasteiger partial charge in [0.2, 0.25) is 0 Å². The first-order chi connectivity index (χ1) is 19.5. The number of hydrogen-bond donors (Lipinski definition) is 0. The van der Waals surface area contributed by atoms with Crippen LogP contribution in [0.15, 0.2) is 0 Å². The van der Waals surface area contributed by atoms with Crippen molar-refractivity contribution in [3.8, 4) is 0 Å². The number of rotatable bonds is 32. The first-order valence-corrected chi connectivity index (χ1v) is 17.9. The van der Waals surface area contributed by atoms with E-state index in [2.05, 4.69) is 13.8 Å². The van der Waals surface area contributed by atoms with Crippen molar-refractivity contribution >= 4 is 52.4 Å². The zero-order valence-corrected chi connectivity index (χ0v) is 31.1. The van der Waals surface area contributed by atoms with Crippen LogP contribution in [0.2, 0.25) is 0 Å². The van der Waals surface area contributed by atoms with Gasteiger partial charge in [0.05, 0.1) is 0 Å². The molecule has 0 saturated carbocycles. The molecule has 0 saturated heterocycles. The van der Waals surface area contributed by atoms with Gasteiger partial charge in [-0.15, -0.1) is 0 Å². The summed E-state index contributed by atoms with van der Waals surface area (Å²) in [6.45, 7) is 4.53. The smallest absolute Gasteiger partial charge is 0.550 e. The fourth-order valence-corrected chi connectivity index (χ4v) is 5.28. The van der Waals surface area contributed by atoms with Crippen LogP contribution in [0.3, 0.4) is 0 Å². The molecule has 243 valence electrons. The van der Waals surface area contributed by atoms with Gasteiger partial charge in [-0.2, -0.15) is 0 Å². The summed E-state index contributed by atoms with van der Waals surface area (Å²) >= 11 is 0. The number of unbranched alkanes of at least 4 members (excludes halogenated alkanes) is 28. The third kappa shape index (κ3) is 52.8. The van der Waals surface area contributed by atoms with Crippen LogP contribution in [-0.2, 0) is 9.59 Å². The maximum Gasteiger partial charge on any atom is 2.00 e. The molecule has 3 radical (unpaired) electrons. The van der Waals surface area contributed by atoms with Gasteiger partial charge in [-0.25, -0.2) is 0 Å². The Hall–Kier alpha value is 0.239. The number of hydrogen-bond acceptors (Lipinski definition) is 4. The van der Waals surface area contributed by atoms with Crippen LogP contribution < -0.4 is 10.2 Å². The van der Waals surface area contributed by atoms with E-state index in [1.807, 2.05) is 0 Å². The molecule has 0 fully saturated rings. The molecule has 0 heterocycles. The van der Waals surface area contributed by atoms with Crippen molar-refractivity contribution in [3.05, 3.63) is 0 Å². The van der Waals surface area contributed by atoms with Crippen LogP contribution in [-0.4, -0.2) is 52.4 Å². The average Bonchev–Trinajstić information content (AvgIpc) is 2.93. The van der Waals surface area contributed by atoms with Crippen LogP contribution >= 0.6 is 0 Å². The molecule has 0 aromatic carbocycles. The normalized spacial score (nSPS) is 10.3. The molecule has 0 aromatic heterocycles. The molecule has 0 aliphatic carbocycles. The number of aliphatic carboxylic acids is 2. The topological polar surface area (TPSA) is 80.3 Å². The Morgan fingerprint density at radius 1 is 0.333 bits per heavy atom. The van der Waals surface area contributed by atoms with Crippen molar-refractivity contribution in [2.75, 3.05) is 0 Å². The molecule has 4 nitrogen and oxygen atoms in total. The Labute approximate surface area is 290 Å². The van der Waals surface area contributed by atoms with Gasteiger partial charge in [-0.3, -0.25) is 0 Å². The fourth-order valence-electron chi connectivity index (χ4n) is 5.28. The molecule has 0 aliphatic heterocycles. The second-order valence-corrected chi connectivity index (χ2v) is 12.1. The van der Waals surface area contributed by atoms with Gasteiger partial charge >= 0.3 is 23.1 Å². The van der Waals surface area contributed by atoms with Crippen molar-refractivity contribution < 1.29 is 19.8 Å². The predicted octanol–water partition coefficient (Wildman–Crippen LogP) is 9.23. The minimum atomic E-state index is -0.903.